The highest BCUT2D eigenvalue weighted by Crippen LogP contribution is 2.16. The van der Waals surface area contributed by atoms with Crippen LogP contribution < -0.4 is 10.5 Å². The smallest absolute Gasteiger partial charge is 0.212 e. The first-order valence-corrected chi connectivity index (χ1v) is 8.37. The van der Waals surface area contributed by atoms with Crippen LogP contribution in [0.15, 0.2) is 30.3 Å². The second-order valence-corrected chi connectivity index (χ2v) is 6.84. The van der Waals surface area contributed by atoms with Crippen LogP contribution in [0.5, 0.6) is 0 Å². The second kappa shape index (κ2) is 7.62. The summed E-state index contributed by atoms with van der Waals surface area (Å²) in [5.74, 6) is 0.0664. The maximum atomic E-state index is 12.0. The van der Waals surface area contributed by atoms with Crippen LogP contribution in [0, 0.1) is 0 Å². The molecule has 0 aliphatic carbocycles. The summed E-state index contributed by atoms with van der Waals surface area (Å²) in [4.78, 5) is 0. The highest BCUT2D eigenvalue weighted by atomic mass is 32.2. The zero-order valence-electron chi connectivity index (χ0n) is 11.7. The van der Waals surface area contributed by atoms with Gasteiger partial charge in [0.05, 0.1) is 5.75 Å². The molecular formula is C14H24N2O2S. The lowest BCUT2D eigenvalue weighted by atomic mass is 10.0. The van der Waals surface area contributed by atoms with Crippen LogP contribution in [0.25, 0.3) is 0 Å². The van der Waals surface area contributed by atoms with E-state index in [0.717, 1.165) is 18.4 Å². The Balaban J connectivity index is 2.50. The minimum absolute atomic E-state index is 0.0268. The van der Waals surface area contributed by atoms with E-state index in [-0.39, 0.29) is 17.7 Å². The van der Waals surface area contributed by atoms with E-state index < -0.39 is 10.0 Å². The summed E-state index contributed by atoms with van der Waals surface area (Å²) in [5, 5.41) is 0. The lowest BCUT2D eigenvalue weighted by Crippen LogP contribution is -2.38. The maximum absolute atomic E-state index is 12.0. The zero-order valence-corrected chi connectivity index (χ0v) is 12.5. The van der Waals surface area contributed by atoms with Gasteiger partial charge < -0.3 is 5.73 Å². The quantitative estimate of drug-likeness (QED) is 0.765. The van der Waals surface area contributed by atoms with E-state index >= 15 is 0 Å². The zero-order chi connectivity index (χ0) is 14.3. The summed E-state index contributed by atoms with van der Waals surface area (Å²) >= 11 is 0. The molecule has 0 amide bonds. The van der Waals surface area contributed by atoms with Crippen LogP contribution in [0.3, 0.4) is 0 Å². The Bertz CT molecular complexity index is 460. The third-order valence-corrected chi connectivity index (χ3v) is 4.61. The molecular weight excluding hydrogens is 260 g/mol. The Hall–Kier alpha value is -0.910. The fourth-order valence-corrected chi connectivity index (χ4v) is 3.41. The number of benzene rings is 1. The summed E-state index contributed by atoms with van der Waals surface area (Å²) < 4.78 is 26.5. The van der Waals surface area contributed by atoms with Crippen LogP contribution >= 0.6 is 0 Å². The van der Waals surface area contributed by atoms with Gasteiger partial charge in [0.15, 0.2) is 0 Å². The first kappa shape index (κ1) is 16.1. The number of rotatable bonds is 8. The van der Waals surface area contributed by atoms with Crippen molar-refractivity contribution in [2.75, 3.05) is 12.3 Å². The van der Waals surface area contributed by atoms with Gasteiger partial charge >= 0.3 is 0 Å². The largest absolute Gasteiger partial charge is 0.327 e. The molecule has 3 N–H and O–H groups in total. The summed E-state index contributed by atoms with van der Waals surface area (Å²) in [7, 11) is -3.27. The van der Waals surface area contributed by atoms with Crippen molar-refractivity contribution in [3.63, 3.8) is 0 Å². The molecule has 1 aromatic rings. The summed E-state index contributed by atoms with van der Waals surface area (Å²) in [6.45, 7) is 4.27. The van der Waals surface area contributed by atoms with Crippen LogP contribution in [0.2, 0.25) is 0 Å². The highest BCUT2D eigenvalue weighted by Gasteiger charge is 2.17. The predicted molar refractivity (Wildman–Crippen MR) is 79.5 cm³/mol. The van der Waals surface area contributed by atoms with E-state index in [1.807, 2.05) is 44.2 Å². The van der Waals surface area contributed by atoms with Crippen molar-refractivity contribution in [1.29, 1.82) is 0 Å². The normalized spacial score (nSPS) is 15.1. The number of nitrogens with two attached hydrogens (primary N) is 1. The van der Waals surface area contributed by atoms with Gasteiger partial charge in [-0.3, -0.25) is 0 Å². The van der Waals surface area contributed by atoms with E-state index in [4.69, 9.17) is 5.73 Å². The maximum Gasteiger partial charge on any atom is 0.212 e. The topological polar surface area (TPSA) is 72.2 Å². The van der Waals surface area contributed by atoms with Crippen molar-refractivity contribution in [1.82, 2.24) is 4.72 Å². The Morgan fingerprint density at radius 2 is 1.89 bits per heavy atom. The van der Waals surface area contributed by atoms with E-state index in [2.05, 4.69) is 4.72 Å². The minimum Gasteiger partial charge on any atom is -0.327 e. The molecule has 4 nitrogen and oxygen atoms in total. The molecule has 0 aromatic heterocycles. The van der Waals surface area contributed by atoms with Gasteiger partial charge in [0.2, 0.25) is 10.0 Å². The van der Waals surface area contributed by atoms with E-state index in [1.54, 1.807) is 0 Å². The molecule has 5 heteroatoms. The fraction of sp³-hybridized carbons (Fsp3) is 0.571. The van der Waals surface area contributed by atoms with Crippen molar-refractivity contribution in [2.45, 2.75) is 38.6 Å². The number of nitrogens with one attached hydrogen (secondary N) is 1. The molecule has 0 radical (unpaired) electrons. The average molecular weight is 284 g/mol. The lowest BCUT2D eigenvalue weighted by molar-refractivity contribution is 0.549. The standard InChI is InChI=1S/C14H24N2O2S/c1-3-7-14(15)10-16-19(17,18)11-12(2)13-8-5-4-6-9-13/h4-6,8-9,12,14,16H,3,7,10-11,15H2,1-2H3. The predicted octanol–water partition coefficient (Wildman–Crippen LogP) is 1.84. The van der Waals surface area contributed by atoms with Gasteiger partial charge in [0.1, 0.15) is 0 Å². The molecule has 0 aliphatic rings. The van der Waals surface area contributed by atoms with Gasteiger partial charge in [-0.05, 0) is 17.9 Å². The molecule has 1 aromatic carbocycles. The Morgan fingerprint density at radius 1 is 1.26 bits per heavy atom. The minimum atomic E-state index is -3.27. The molecule has 0 saturated carbocycles. The fourth-order valence-electron chi connectivity index (χ4n) is 1.97. The van der Waals surface area contributed by atoms with Crippen molar-refractivity contribution in [3.8, 4) is 0 Å². The number of hydrogen-bond acceptors (Lipinski definition) is 3. The van der Waals surface area contributed by atoms with Crippen molar-refractivity contribution in [3.05, 3.63) is 35.9 Å². The highest BCUT2D eigenvalue weighted by molar-refractivity contribution is 7.89. The number of sulfonamides is 1. The number of hydrogen-bond donors (Lipinski definition) is 2. The Kier molecular flexibility index (Phi) is 6.48. The second-order valence-electron chi connectivity index (χ2n) is 4.99. The SMILES string of the molecule is CCCC(N)CNS(=O)(=O)CC(C)c1ccccc1. The van der Waals surface area contributed by atoms with Crippen LogP contribution in [-0.2, 0) is 10.0 Å². The molecule has 19 heavy (non-hydrogen) atoms. The third-order valence-electron chi connectivity index (χ3n) is 3.06. The molecule has 0 fully saturated rings. The van der Waals surface area contributed by atoms with E-state index in [9.17, 15) is 8.42 Å². The summed E-state index contributed by atoms with van der Waals surface area (Å²) in [5.41, 5.74) is 6.84. The van der Waals surface area contributed by atoms with Crippen molar-refractivity contribution < 1.29 is 8.42 Å². The van der Waals surface area contributed by atoms with E-state index in [1.165, 1.54) is 0 Å². The van der Waals surface area contributed by atoms with Crippen LogP contribution in [-0.4, -0.2) is 26.8 Å². The third kappa shape index (κ3) is 6.18. The van der Waals surface area contributed by atoms with Gasteiger partial charge in [0, 0.05) is 12.6 Å². The molecule has 0 spiro atoms. The Morgan fingerprint density at radius 3 is 2.47 bits per heavy atom. The monoisotopic (exact) mass is 284 g/mol. The van der Waals surface area contributed by atoms with Gasteiger partial charge in [-0.15, -0.1) is 0 Å². The van der Waals surface area contributed by atoms with Gasteiger partial charge in [-0.2, -0.15) is 0 Å². The van der Waals surface area contributed by atoms with Crippen molar-refractivity contribution in [2.24, 2.45) is 5.73 Å². The van der Waals surface area contributed by atoms with Crippen LogP contribution in [0.1, 0.15) is 38.2 Å². The van der Waals surface area contributed by atoms with Gasteiger partial charge in [-0.25, -0.2) is 13.1 Å². The molecule has 1 rings (SSSR count). The molecule has 0 heterocycles. The summed E-state index contributed by atoms with van der Waals surface area (Å²) in [6, 6.07) is 9.55. The Labute approximate surface area is 116 Å². The lowest BCUT2D eigenvalue weighted by Gasteiger charge is -2.15. The molecule has 0 saturated heterocycles. The molecule has 0 aliphatic heterocycles. The molecule has 2 unspecified atom stereocenters. The molecule has 0 bridgehead atoms. The van der Waals surface area contributed by atoms with Crippen LogP contribution in [0.4, 0.5) is 0 Å². The van der Waals surface area contributed by atoms with E-state index in [0.29, 0.717) is 6.54 Å². The van der Waals surface area contributed by atoms with Gasteiger partial charge in [0.25, 0.3) is 0 Å². The molecule has 108 valence electrons. The molecule has 2 atom stereocenters. The first-order chi connectivity index (χ1) is 8.94. The van der Waals surface area contributed by atoms with Gasteiger partial charge in [-0.1, -0.05) is 50.6 Å². The van der Waals surface area contributed by atoms with Crippen molar-refractivity contribution >= 4 is 10.0 Å². The average Bonchev–Trinajstić information content (AvgIpc) is 2.37. The first-order valence-electron chi connectivity index (χ1n) is 6.72. The summed E-state index contributed by atoms with van der Waals surface area (Å²) in [6.07, 6.45) is 1.79.